The SMILES string of the molecule is c1ccc(-c2cc(-n3c4ccc(-c5ccc6c(c5)-c5ccccc5[C@H](c5ccccc5)C6)cc4c4c5cccc6c5c(cc43)-c3ccccc3S6)nc3ccccc23)cc1. The highest BCUT2D eigenvalue weighted by atomic mass is 32.2. The van der Waals surface area contributed by atoms with Crippen molar-refractivity contribution >= 4 is 55.2 Å². The Morgan fingerprint density at radius 1 is 0.433 bits per heavy atom. The quantitative estimate of drug-likeness (QED) is 0.177. The molecule has 2 aromatic heterocycles. The molecule has 0 amide bonds. The van der Waals surface area contributed by atoms with Crippen LogP contribution in [-0.2, 0) is 6.42 Å². The van der Waals surface area contributed by atoms with Crippen LogP contribution in [0.15, 0.2) is 210 Å². The first-order chi connectivity index (χ1) is 29.7. The zero-order valence-electron chi connectivity index (χ0n) is 32.6. The molecular weight excluding hydrogens is 745 g/mol. The van der Waals surface area contributed by atoms with E-state index in [4.69, 9.17) is 4.98 Å². The van der Waals surface area contributed by atoms with Gasteiger partial charge in [-0.25, -0.2) is 4.98 Å². The van der Waals surface area contributed by atoms with E-state index < -0.39 is 0 Å². The van der Waals surface area contributed by atoms with E-state index in [9.17, 15) is 0 Å². The number of aromatic nitrogens is 2. The zero-order valence-corrected chi connectivity index (χ0v) is 33.5. The summed E-state index contributed by atoms with van der Waals surface area (Å²) in [5, 5.41) is 6.24. The van der Waals surface area contributed by atoms with Crippen molar-refractivity contribution in [3.05, 3.63) is 217 Å². The number of hydrogen-bond donors (Lipinski definition) is 0. The topological polar surface area (TPSA) is 17.8 Å². The lowest BCUT2D eigenvalue weighted by atomic mass is 9.75. The molecule has 0 N–H and O–H groups in total. The molecule has 2 nitrogen and oxygen atoms in total. The normalized spacial score (nSPS) is 14.0. The van der Waals surface area contributed by atoms with E-state index in [-0.39, 0.29) is 0 Å². The first kappa shape index (κ1) is 33.7. The predicted molar refractivity (Wildman–Crippen MR) is 251 cm³/mol. The molecule has 1 atom stereocenters. The molecule has 1 aliphatic carbocycles. The van der Waals surface area contributed by atoms with E-state index in [0.717, 1.165) is 34.2 Å². The molecule has 0 fully saturated rings. The Labute approximate surface area is 352 Å². The summed E-state index contributed by atoms with van der Waals surface area (Å²) >= 11 is 1.88. The summed E-state index contributed by atoms with van der Waals surface area (Å²) in [6.45, 7) is 0. The van der Waals surface area contributed by atoms with Crippen LogP contribution in [0.3, 0.4) is 0 Å². The average molecular weight is 781 g/mol. The summed E-state index contributed by atoms with van der Waals surface area (Å²) in [6, 6.07) is 74.0. The molecule has 3 heterocycles. The third-order valence-electron chi connectivity index (χ3n) is 13.0. The standard InChI is InChI=1S/C57H36N2S/c1-3-14-35(15-4-1)45-32-39-27-26-37(30-46(39)41-19-8-7-18-40(41)45)38-28-29-51-49(31-38)56-44-22-13-25-54-57(44)48(43-21-10-12-24-53(43)60-54)33-52(56)59(51)55-34-47(36-16-5-2-6-17-36)42-20-9-11-23-50(42)58-55/h1-31,33-34,45H,32H2/t45-/m0/s1. The molecular formula is C57H36N2S. The van der Waals surface area contributed by atoms with E-state index in [2.05, 4.69) is 205 Å². The molecule has 3 heteroatoms. The number of para-hydroxylation sites is 1. The molecule has 0 saturated carbocycles. The summed E-state index contributed by atoms with van der Waals surface area (Å²) in [5.41, 5.74) is 17.5. The summed E-state index contributed by atoms with van der Waals surface area (Å²) < 4.78 is 2.42. The van der Waals surface area contributed by atoms with E-state index in [1.807, 2.05) is 11.8 Å². The summed E-state index contributed by atoms with van der Waals surface area (Å²) in [6.07, 6.45) is 0.991. The number of fused-ring (bicyclic) bond motifs is 10. The van der Waals surface area contributed by atoms with Gasteiger partial charge in [-0.1, -0.05) is 163 Å². The fraction of sp³-hybridized carbons (Fsp3) is 0.0351. The third kappa shape index (κ3) is 5.06. The molecule has 280 valence electrons. The minimum atomic E-state index is 0.342. The van der Waals surface area contributed by atoms with Crippen LogP contribution < -0.4 is 0 Å². The lowest BCUT2D eigenvalue weighted by Gasteiger charge is -2.29. The van der Waals surface area contributed by atoms with Crippen LogP contribution in [0.1, 0.15) is 22.6 Å². The van der Waals surface area contributed by atoms with Crippen LogP contribution in [0, 0.1) is 0 Å². The van der Waals surface area contributed by atoms with E-state index >= 15 is 0 Å². The minimum absolute atomic E-state index is 0.342. The van der Waals surface area contributed by atoms with Crippen molar-refractivity contribution in [2.75, 3.05) is 0 Å². The van der Waals surface area contributed by atoms with Crippen LogP contribution >= 0.6 is 11.8 Å². The van der Waals surface area contributed by atoms with Crippen LogP contribution in [-0.4, -0.2) is 9.55 Å². The molecule has 0 radical (unpaired) electrons. The molecule has 11 aromatic rings. The first-order valence-electron chi connectivity index (χ1n) is 20.8. The Bertz CT molecular complexity index is 3550. The second-order valence-electron chi connectivity index (χ2n) is 16.2. The van der Waals surface area contributed by atoms with Crippen molar-refractivity contribution in [2.24, 2.45) is 0 Å². The van der Waals surface area contributed by atoms with E-state index in [1.165, 1.54) is 92.5 Å². The fourth-order valence-corrected chi connectivity index (χ4v) is 11.4. The van der Waals surface area contributed by atoms with Crippen LogP contribution in [0.25, 0.3) is 93.8 Å². The Hall–Kier alpha value is -7.20. The van der Waals surface area contributed by atoms with Crippen molar-refractivity contribution in [1.82, 2.24) is 9.55 Å². The maximum absolute atomic E-state index is 5.45. The first-order valence-corrected chi connectivity index (χ1v) is 21.6. The highest BCUT2D eigenvalue weighted by molar-refractivity contribution is 7.99. The summed E-state index contributed by atoms with van der Waals surface area (Å²) in [4.78, 5) is 8.05. The van der Waals surface area contributed by atoms with Gasteiger partial charge in [0.15, 0.2) is 0 Å². The van der Waals surface area contributed by atoms with Gasteiger partial charge in [-0.3, -0.25) is 4.57 Å². The van der Waals surface area contributed by atoms with Crippen LogP contribution in [0.4, 0.5) is 0 Å². The van der Waals surface area contributed by atoms with Gasteiger partial charge in [0.1, 0.15) is 5.82 Å². The molecule has 1 aliphatic heterocycles. The van der Waals surface area contributed by atoms with Crippen molar-refractivity contribution in [3.63, 3.8) is 0 Å². The largest absolute Gasteiger partial charge is 0.294 e. The van der Waals surface area contributed by atoms with Gasteiger partial charge in [0, 0.05) is 37.3 Å². The monoisotopic (exact) mass is 780 g/mol. The van der Waals surface area contributed by atoms with Gasteiger partial charge in [0.2, 0.25) is 0 Å². The lowest BCUT2D eigenvalue weighted by Crippen LogP contribution is -2.12. The molecule has 0 saturated heterocycles. The molecule has 60 heavy (non-hydrogen) atoms. The van der Waals surface area contributed by atoms with Crippen molar-refractivity contribution in [1.29, 1.82) is 0 Å². The summed E-state index contributed by atoms with van der Waals surface area (Å²) in [7, 11) is 0. The smallest absolute Gasteiger partial charge is 0.138 e. The van der Waals surface area contributed by atoms with Crippen LogP contribution in [0.2, 0.25) is 0 Å². The minimum Gasteiger partial charge on any atom is -0.294 e. The Morgan fingerprint density at radius 3 is 2.05 bits per heavy atom. The summed E-state index contributed by atoms with van der Waals surface area (Å²) in [5.74, 6) is 1.26. The number of benzene rings is 9. The molecule has 2 aliphatic rings. The zero-order chi connectivity index (χ0) is 39.3. The molecule has 0 unspecified atom stereocenters. The van der Waals surface area contributed by atoms with E-state index in [0.29, 0.717) is 5.92 Å². The maximum Gasteiger partial charge on any atom is 0.138 e. The average Bonchev–Trinajstić information content (AvgIpc) is 3.65. The van der Waals surface area contributed by atoms with Crippen molar-refractivity contribution < 1.29 is 0 Å². The van der Waals surface area contributed by atoms with Gasteiger partial charge in [-0.15, -0.1) is 0 Å². The maximum atomic E-state index is 5.45. The highest BCUT2D eigenvalue weighted by Gasteiger charge is 2.28. The van der Waals surface area contributed by atoms with Gasteiger partial charge in [0.05, 0.1) is 16.6 Å². The number of pyridine rings is 1. The van der Waals surface area contributed by atoms with Gasteiger partial charge < -0.3 is 0 Å². The Morgan fingerprint density at radius 2 is 1.15 bits per heavy atom. The molecule has 9 aromatic carbocycles. The molecule has 0 bridgehead atoms. The number of nitrogens with zero attached hydrogens (tertiary/aromatic N) is 2. The van der Waals surface area contributed by atoms with Gasteiger partial charge in [-0.05, 0) is 122 Å². The van der Waals surface area contributed by atoms with Crippen molar-refractivity contribution in [3.8, 4) is 50.3 Å². The van der Waals surface area contributed by atoms with Gasteiger partial charge in [-0.2, -0.15) is 0 Å². The van der Waals surface area contributed by atoms with Gasteiger partial charge >= 0.3 is 0 Å². The second-order valence-corrected chi connectivity index (χ2v) is 17.3. The predicted octanol–water partition coefficient (Wildman–Crippen LogP) is 15.3. The fourth-order valence-electron chi connectivity index (χ4n) is 10.3. The Balaban J connectivity index is 1.07. The second kappa shape index (κ2) is 13.2. The lowest BCUT2D eigenvalue weighted by molar-refractivity contribution is 0.794. The molecule has 13 rings (SSSR count). The number of hydrogen-bond acceptors (Lipinski definition) is 2. The van der Waals surface area contributed by atoms with Crippen LogP contribution in [0.5, 0.6) is 0 Å². The van der Waals surface area contributed by atoms with E-state index in [1.54, 1.807) is 0 Å². The Kier molecular flexibility index (Phi) is 7.40. The number of rotatable bonds is 4. The van der Waals surface area contributed by atoms with Crippen molar-refractivity contribution in [2.45, 2.75) is 22.1 Å². The molecule has 0 spiro atoms. The highest BCUT2D eigenvalue weighted by Crippen LogP contribution is 2.52. The van der Waals surface area contributed by atoms with Gasteiger partial charge in [0.25, 0.3) is 0 Å². The third-order valence-corrected chi connectivity index (χ3v) is 14.1.